The van der Waals surface area contributed by atoms with Gasteiger partial charge in [0.05, 0.1) is 5.69 Å². The van der Waals surface area contributed by atoms with Crippen molar-refractivity contribution in [2.45, 2.75) is 31.0 Å². The summed E-state index contributed by atoms with van der Waals surface area (Å²) in [6.07, 6.45) is 2.25. The van der Waals surface area contributed by atoms with Crippen molar-refractivity contribution in [3.05, 3.63) is 45.8 Å². The van der Waals surface area contributed by atoms with Crippen LogP contribution in [0.4, 0.5) is 10.8 Å². The van der Waals surface area contributed by atoms with Crippen molar-refractivity contribution in [1.29, 1.82) is 0 Å². The Morgan fingerprint density at radius 3 is 2.76 bits per heavy atom. The van der Waals surface area contributed by atoms with Crippen LogP contribution in [0.5, 0.6) is 0 Å². The van der Waals surface area contributed by atoms with E-state index in [1.807, 2.05) is 29.9 Å². The van der Waals surface area contributed by atoms with Gasteiger partial charge in [-0.15, -0.1) is 11.8 Å². The first-order valence-electron chi connectivity index (χ1n) is 12.5. The molecular formula is C24H28ClN8O7S2+. The molecule has 224 valence electrons. The summed E-state index contributed by atoms with van der Waals surface area (Å²) in [6, 6.07) is 2.64. The number of hydrogen-bond donors (Lipinski definition) is 6. The number of carbonyl (C=O) groups is 4. The number of aromatic nitrogens is 2. The quantitative estimate of drug-likeness (QED) is 0.0559. The van der Waals surface area contributed by atoms with Crippen LogP contribution >= 0.6 is 34.7 Å². The SMILES string of the molecule is CNCCNc1ccc[n+](CC2=C(C(=O)O)N3C(=O)[C@@H](NC(=O)C(=NO[C@@H](C)C(=O)O)c4nc(N)sc4Cl)[C@H]3SC2)c1. The van der Waals surface area contributed by atoms with Crippen LogP contribution in [-0.4, -0.2) is 93.0 Å². The summed E-state index contributed by atoms with van der Waals surface area (Å²) in [5, 5.41) is 30.9. The van der Waals surface area contributed by atoms with Crippen LogP contribution in [0.1, 0.15) is 12.6 Å². The lowest BCUT2D eigenvalue weighted by Crippen LogP contribution is -2.71. The standard InChI is InChI=1S/C24H27ClN8O7S2/c1-11(22(36)37)40-31-15(14-18(25)42-24(26)30-14)19(34)29-16-20(35)33-17(23(38)39)12(10-41-21(16)33)8-32-7-3-4-13(9-32)28-6-5-27-2/h3-4,7,9,11,16,21,27-28H,5-6,8,10H2,1-2H3,(H4-,26,29,30,34,36,37,38,39)/p+1/t11-,16+,21+/m0/s1. The van der Waals surface area contributed by atoms with E-state index in [9.17, 15) is 24.3 Å². The number of nitrogens with zero attached hydrogens (tertiary/aromatic N) is 4. The number of nitrogen functional groups attached to an aromatic ring is 1. The number of likely N-dealkylation sites (N-methyl/N-ethyl adjacent to an activating group) is 1. The zero-order valence-electron chi connectivity index (χ0n) is 22.4. The number of amides is 2. The normalized spacial score (nSPS) is 19.1. The average molecular weight is 640 g/mol. The third-order valence-electron chi connectivity index (χ3n) is 6.16. The zero-order chi connectivity index (χ0) is 30.6. The number of β-lactam (4-membered cyclic amide) rings is 1. The van der Waals surface area contributed by atoms with E-state index in [1.54, 1.807) is 6.20 Å². The van der Waals surface area contributed by atoms with E-state index >= 15 is 0 Å². The molecule has 3 atom stereocenters. The molecule has 15 nitrogen and oxygen atoms in total. The summed E-state index contributed by atoms with van der Waals surface area (Å²) in [5.41, 5.74) is 6.30. The molecule has 1 saturated heterocycles. The van der Waals surface area contributed by atoms with E-state index in [1.165, 1.54) is 18.7 Å². The fourth-order valence-corrected chi connectivity index (χ4v) is 6.39. The van der Waals surface area contributed by atoms with Gasteiger partial charge in [0, 0.05) is 30.5 Å². The number of thiazole rings is 1. The monoisotopic (exact) mass is 639 g/mol. The Kier molecular flexibility index (Phi) is 9.87. The van der Waals surface area contributed by atoms with Crippen LogP contribution in [0.3, 0.4) is 0 Å². The summed E-state index contributed by atoms with van der Waals surface area (Å²) < 4.78 is 1.83. The van der Waals surface area contributed by atoms with Crippen LogP contribution in [0.15, 0.2) is 41.0 Å². The number of nitrogens with one attached hydrogen (secondary N) is 3. The Morgan fingerprint density at radius 1 is 1.36 bits per heavy atom. The third kappa shape index (κ3) is 6.75. The van der Waals surface area contributed by atoms with Gasteiger partial charge in [0.25, 0.3) is 11.8 Å². The molecule has 18 heteroatoms. The van der Waals surface area contributed by atoms with Crippen molar-refractivity contribution in [2.75, 3.05) is 36.9 Å². The Bertz CT molecular complexity index is 1470. The number of fused-ring (bicyclic) bond motifs is 1. The number of oxime groups is 1. The first-order valence-corrected chi connectivity index (χ1v) is 14.7. The van der Waals surface area contributed by atoms with Gasteiger partial charge in [0.15, 0.2) is 29.8 Å². The number of anilines is 2. The summed E-state index contributed by atoms with van der Waals surface area (Å²) in [4.78, 5) is 59.9. The van der Waals surface area contributed by atoms with Crippen LogP contribution in [-0.2, 0) is 30.6 Å². The molecule has 0 aromatic carbocycles. The number of thioether (sulfide) groups is 1. The second kappa shape index (κ2) is 13.4. The molecule has 0 radical (unpaired) electrons. The fourth-order valence-electron chi connectivity index (χ4n) is 4.12. The van der Waals surface area contributed by atoms with Gasteiger partial charge in [-0.1, -0.05) is 28.1 Å². The number of aliphatic carboxylic acids is 2. The molecule has 1 fully saturated rings. The van der Waals surface area contributed by atoms with E-state index in [4.69, 9.17) is 27.3 Å². The van der Waals surface area contributed by atoms with Crippen molar-refractivity contribution in [2.24, 2.45) is 5.16 Å². The van der Waals surface area contributed by atoms with Crippen molar-refractivity contribution < 1.29 is 38.8 Å². The molecule has 2 aliphatic rings. The molecule has 0 spiro atoms. The van der Waals surface area contributed by atoms with Gasteiger partial charge >= 0.3 is 11.9 Å². The minimum absolute atomic E-state index is 0.00104. The fraction of sp³-hybridized carbons (Fsp3) is 0.375. The summed E-state index contributed by atoms with van der Waals surface area (Å²) in [7, 11) is 1.85. The average Bonchev–Trinajstić information content (AvgIpc) is 3.28. The van der Waals surface area contributed by atoms with E-state index in [2.05, 4.69) is 26.1 Å². The van der Waals surface area contributed by atoms with Gasteiger partial charge in [-0.3, -0.25) is 14.5 Å². The van der Waals surface area contributed by atoms with Crippen molar-refractivity contribution in [3.63, 3.8) is 0 Å². The van der Waals surface area contributed by atoms with Gasteiger partial charge in [0.2, 0.25) is 6.10 Å². The Balaban J connectivity index is 1.52. The summed E-state index contributed by atoms with van der Waals surface area (Å²) in [6.45, 7) is 2.92. The van der Waals surface area contributed by atoms with Gasteiger partial charge in [-0.05, 0) is 20.0 Å². The maximum atomic E-state index is 13.2. The molecule has 42 heavy (non-hydrogen) atoms. The Hall–Kier alpha value is -3.93. The van der Waals surface area contributed by atoms with Crippen LogP contribution in [0.25, 0.3) is 0 Å². The lowest BCUT2D eigenvalue weighted by Gasteiger charge is -2.49. The number of hydrogen-bond acceptors (Lipinski definition) is 12. The van der Waals surface area contributed by atoms with Crippen LogP contribution < -0.4 is 26.3 Å². The van der Waals surface area contributed by atoms with Gasteiger partial charge < -0.3 is 36.7 Å². The van der Waals surface area contributed by atoms with Gasteiger partial charge in [-0.25, -0.2) is 14.6 Å². The molecule has 7 N–H and O–H groups in total. The predicted octanol–water partition coefficient (Wildman–Crippen LogP) is -0.0699. The molecular weight excluding hydrogens is 612 g/mol. The number of carboxylic acids is 2. The topological polar surface area (TPSA) is 212 Å². The molecule has 2 amide bonds. The highest BCUT2D eigenvalue weighted by atomic mass is 35.5. The zero-order valence-corrected chi connectivity index (χ0v) is 24.8. The van der Waals surface area contributed by atoms with Crippen molar-refractivity contribution >= 4 is 75.0 Å². The molecule has 4 rings (SSSR count). The number of carboxylic acid groups (broad SMARTS) is 2. The first kappa shape index (κ1) is 31.0. The number of carbonyl (C=O) groups excluding carboxylic acids is 2. The maximum Gasteiger partial charge on any atom is 0.352 e. The van der Waals surface area contributed by atoms with E-state index in [-0.39, 0.29) is 27.4 Å². The number of rotatable bonds is 13. The Labute approximate surface area is 252 Å². The largest absolute Gasteiger partial charge is 0.478 e. The van der Waals surface area contributed by atoms with E-state index < -0.39 is 47.0 Å². The summed E-state index contributed by atoms with van der Waals surface area (Å²) >= 11 is 8.31. The minimum Gasteiger partial charge on any atom is -0.478 e. The van der Waals surface area contributed by atoms with Crippen molar-refractivity contribution in [1.82, 2.24) is 20.5 Å². The second-order valence-electron chi connectivity index (χ2n) is 9.11. The lowest BCUT2D eigenvalue weighted by molar-refractivity contribution is -0.688. The smallest absolute Gasteiger partial charge is 0.352 e. The molecule has 0 unspecified atom stereocenters. The number of pyridine rings is 1. The highest BCUT2D eigenvalue weighted by molar-refractivity contribution is 8.00. The molecule has 2 aromatic rings. The number of halogens is 1. The predicted molar refractivity (Wildman–Crippen MR) is 155 cm³/mol. The lowest BCUT2D eigenvalue weighted by atomic mass is 10.0. The first-order chi connectivity index (χ1) is 20.0. The molecule has 0 saturated carbocycles. The highest BCUT2D eigenvalue weighted by Crippen LogP contribution is 2.40. The maximum absolute atomic E-state index is 13.2. The number of nitrogens with two attached hydrogens (primary N) is 1. The van der Waals surface area contributed by atoms with Gasteiger partial charge in [-0.2, -0.15) is 4.57 Å². The van der Waals surface area contributed by atoms with Crippen molar-refractivity contribution in [3.8, 4) is 0 Å². The van der Waals surface area contributed by atoms with Crippen LogP contribution in [0, 0.1) is 0 Å². The van der Waals surface area contributed by atoms with E-state index in [0.717, 1.165) is 28.5 Å². The molecule has 0 aliphatic carbocycles. The highest BCUT2D eigenvalue weighted by Gasteiger charge is 2.55. The Morgan fingerprint density at radius 2 is 2.12 bits per heavy atom. The molecule has 0 bridgehead atoms. The van der Waals surface area contributed by atoms with Crippen LogP contribution in [0.2, 0.25) is 4.34 Å². The molecule has 2 aliphatic heterocycles. The minimum atomic E-state index is -1.40. The molecule has 4 heterocycles. The summed E-state index contributed by atoms with van der Waals surface area (Å²) in [5.74, 6) is -3.86. The second-order valence-corrected chi connectivity index (χ2v) is 11.9. The van der Waals surface area contributed by atoms with E-state index in [0.29, 0.717) is 17.9 Å². The van der Waals surface area contributed by atoms with Gasteiger partial charge in [0.1, 0.15) is 27.1 Å². The molecule has 2 aromatic heterocycles. The third-order valence-corrected chi connectivity index (χ3v) is 8.59.